The van der Waals surface area contributed by atoms with Gasteiger partial charge in [0.25, 0.3) is 0 Å². The molecule has 0 radical (unpaired) electrons. The summed E-state index contributed by atoms with van der Waals surface area (Å²) in [6.07, 6.45) is 3.55. The van der Waals surface area contributed by atoms with Gasteiger partial charge in [-0.1, -0.05) is 0 Å². The van der Waals surface area contributed by atoms with Crippen molar-refractivity contribution in [2.45, 2.75) is 89.8 Å². The number of fused-ring (bicyclic) bond motifs is 2. The molecule has 2 aromatic rings. The fourth-order valence-corrected chi connectivity index (χ4v) is 11.7. The Morgan fingerprint density at radius 1 is 0.814 bits per heavy atom. The van der Waals surface area contributed by atoms with Gasteiger partial charge >= 0.3 is 260 Å². The second-order valence-corrected chi connectivity index (χ2v) is 19.5. The molecule has 0 fully saturated rings. The molecular formula is C32H43NO9Sn. The summed E-state index contributed by atoms with van der Waals surface area (Å²) in [7, 11) is 0. The molecule has 0 spiro atoms. The van der Waals surface area contributed by atoms with Crippen LogP contribution < -0.4 is 6.15 Å². The Balaban J connectivity index is 1.70. The van der Waals surface area contributed by atoms with E-state index < -0.39 is 54.6 Å². The molecule has 0 aromatic heterocycles. The molecule has 3 rings (SSSR count). The maximum atomic E-state index is 13.1. The first-order valence-corrected chi connectivity index (χ1v) is 20.1. The Morgan fingerprint density at radius 3 is 1.74 bits per heavy atom. The fourth-order valence-electron chi connectivity index (χ4n) is 4.30. The summed E-state index contributed by atoms with van der Waals surface area (Å²) in [5.41, 5.74) is -1.36. The summed E-state index contributed by atoms with van der Waals surface area (Å²) in [5, 5.41) is 1.97. The van der Waals surface area contributed by atoms with Crippen LogP contribution in [0.5, 0.6) is 11.5 Å². The van der Waals surface area contributed by atoms with Gasteiger partial charge in [-0.2, -0.15) is 0 Å². The molecule has 0 saturated heterocycles. The van der Waals surface area contributed by atoms with E-state index in [9.17, 15) is 19.2 Å². The molecule has 0 aliphatic carbocycles. The van der Waals surface area contributed by atoms with E-state index in [0.717, 1.165) is 35.8 Å². The van der Waals surface area contributed by atoms with E-state index in [0.29, 0.717) is 15.9 Å². The van der Waals surface area contributed by atoms with Crippen molar-refractivity contribution in [2.75, 3.05) is 13.1 Å². The number of unbranched alkanes of at least 4 members (excludes halogenated alkanes) is 1. The Hall–Kier alpha value is -3.28. The van der Waals surface area contributed by atoms with Crippen molar-refractivity contribution in [3.63, 3.8) is 0 Å². The molecule has 234 valence electrons. The van der Waals surface area contributed by atoms with Crippen molar-refractivity contribution in [3.05, 3.63) is 48.6 Å². The van der Waals surface area contributed by atoms with Crippen molar-refractivity contribution in [1.82, 2.24) is 4.90 Å². The minimum atomic E-state index is -4.40. The van der Waals surface area contributed by atoms with Crippen LogP contribution in [0.4, 0.5) is 0 Å². The van der Waals surface area contributed by atoms with Crippen molar-refractivity contribution < 1.29 is 37.9 Å². The molecule has 1 heterocycles. The van der Waals surface area contributed by atoms with E-state index in [1.54, 1.807) is 41.5 Å². The number of carbonyl (C=O) groups is 4. The van der Waals surface area contributed by atoms with Gasteiger partial charge in [0.1, 0.15) is 0 Å². The molecule has 1 aliphatic rings. The maximum absolute atomic E-state index is 13.1. The third-order valence-electron chi connectivity index (χ3n) is 6.12. The van der Waals surface area contributed by atoms with Gasteiger partial charge in [0.05, 0.1) is 0 Å². The topological polar surface area (TPSA) is 118 Å². The first-order valence-electron chi connectivity index (χ1n) is 14.6. The monoisotopic (exact) mass is 705 g/mol. The number of benzene rings is 2. The third kappa shape index (κ3) is 11.1. The van der Waals surface area contributed by atoms with Gasteiger partial charge in [-0.25, -0.2) is 0 Å². The van der Waals surface area contributed by atoms with Gasteiger partial charge in [-0.05, 0) is 0 Å². The van der Waals surface area contributed by atoms with E-state index in [2.05, 4.69) is 0 Å². The summed E-state index contributed by atoms with van der Waals surface area (Å²) in [4.78, 5) is 52.0. The molecule has 0 atom stereocenters. The molecule has 43 heavy (non-hydrogen) atoms. The second-order valence-electron chi connectivity index (χ2n) is 12.4. The minimum absolute atomic E-state index is 0.00924. The number of hydrogen-bond acceptors (Lipinski definition) is 9. The predicted octanol–water partition coefficient (Wildman–Crippen LogP) is 5.74. The Kier molecular flexibility index (Phi) is 11.5. The summed E-state index contributed by atoms with van der Waals surface area (Å²) in [6.45, 7) is 12.5. The summed E-state index contributed by atoms with van der Waals surface area (Å²) < 4.78 is 29.5. The van der Waals surface area contributed by atoms with Crippen LogP contribution in [0, 0.1) is 0 Å². The zero-order valence-corrected chi connectivity index (χ0v) is 29.0. The number of nitrogens with zero attached hydrogens (tertiary/aromatic N) is 1. The van der Waals surface area contributed by atoms with E-state index in [1.807, 2.05) is 43.3 Å². The van der Waals surface area contributed by atoms with Gasteiger partial charge in [0, 0.05) is 0 Å². The van der Waals surface area contributed by atoms with E-state index in [-0.39, 0.29) is 25.9 Å². The fraction of sp³-hybridized carbons (Fsp3) is 0.500. The quantitative estimate of drug-likeness (QED) is 0.155. The second kappa shape index (κ2) is 14.5. The van der Waals surface area contributed by atoms with E-state index in [1.165, 1.54) is 4.90 Å². The molecule has 0 saturated carbocycles. The first kappa shape index (κ1) is 34.2. The van der Waals surface area contributed by atoms with Crippen LogP contribution in [-0.4, -0.2) is 72.6 Å². The van der Waals surface area contributed by atoms with Crippen LogP contribution in [0.3, 0.4) is 0 Å². The SMILES string of the molecule is CCC[CH2][Sn]1([O]C(=O)/C=C\C(=O)N(CCC(=O)OC(C)(C)C)CCC(=O)OC(C)(C)C)[O]c2cc3ccccc3cc2[O]1. The zero-order valence-electron chi connectivity index (χ0n) is 26.2. The van der Waals surface area contributed by atoms with Gasteiger partial charge in [-0.15, -0.1) is 0 Å². The van der Waals surface area contributed by atoms with Crippen LogP contribution >= 0.6 is 0 Å². The van der Waals surface area contributed by atoms with E-state index >= 15 is 0 Å². The Labute approximate surface area is 259 Å². The van der Waals surface area contributed by atoms with Crippen LogP contribution in [0.2, 0.25) is 4.44 Å². The Bertz CT molecular complexity index is 1280. The molecule has 2 aromatic carbocycles. The van der Waals surface area contributed by atoms with Crippen LogP contribution in [0.15, 0.2) is 48.6 Å². The average molecular weight is 704 g/mol. The predicted molar refractivity (Wildman–Crippen MR) is 163 cm³/mol. The van der Waals surface area contributed by atoms with Crippen LogP contribution in [0.25, 0.3) is 10.8 Å². The summed E-state index contributed by atoms with van der Waals surface area (Å²) in [5.74, 6) is -1.19. The van der Waals surface area contributed by atoms with Crippen LogP contribution in [-0.2, 0) is 31.7 Å². The first-order chi connectivity index (χ1) is 20.1. The number of esters is 2. The number of amides is 1. The van der Waals surface area contributed by atoms with E-state index in [4.69, 9.17) is 18.7 Å². The molecule has 1 amide bonds. The molecule has 0 unspecified atom stereocenters. The third-order valence-corrected chi connectivity index (χ3v) is 13.4. The number of hydrogen-bond donors (Lipinski definition) is 0. The molecule has 10 nitrogen and oxygen atoms in total. The van der Waals surface area contributed by atoms with Gasteiger partial charge < -0.3 is 0 Å². The zero-order chi connectivity index (χ0) is 31.8. The molecule has 11 heteroatoms. The average Bonchev–Trinajstić information content (AvgIpc) is 3.23. The molecule has 1 aliphatic heterocycles. The molecule has 0 bridgehead atoms. The van der Waals surface area contributed by atoms with Crippen molar-refractivity contribution in [1.29, 1.82) is 0 Å². The van der Waals surface area contributed by atoms with Crippen LogP contribution in [0.1, 0.15) is 74.1 Å². The number of rotatable bonds is 12. The number of ether oxygens (including phenoxy) is 2. The van der Waals surface area contributed by atoms with Gasteiger partial charge in [0.2, 0.25) is 0 Å². The Morgan fingerprint density at radius 2 is 1.30 bits per heavy atom. The van der Waals surface area contributed by atoms with Crippen molar-refractivity contribution >= 4 is 54.2 Å². The standard InChI is InChI=1S/C18H29NO7.C10H8O2.C4H9.Sn/c1-17(2,3)25-15(23)9-11-19(13(20)7-8-14(21)22)12-10-16(24)26-18(4,5)6;11-9-5-7-3-1-2-4-8(7)6-10(9)12;1-3-4-2;/h7-8H,9-12H2,1-6H3,(H,21,22);1-6,11-12H;1,3-4H2,2H3;/q;;;+3/p-3/b8-7-;;;. The molecular weight excluding hydrogens is 661 g/mol. The van der Waals surface area contributed by atoms with Gasteiger partial charge in [-0.3, -0.25) is 0 Å². The molecule has 0 N–H and O–H groups in total. The van der Waals surface area contributed by atoms with Crippen molar-refractivity contribution in [2.24, 2.45) is 0 Å². The van der Waals surface area contributed by atoms with Gasteiger partial charge in [0.15, 0.2) is 0 Å². The van der Waals surface area contributed by atoms with Crippen molar-refractivity contribution in [3.8, 4) is 11.5 Å². The summed E-state index contributed by atoms with van der Waals surface area (Å²) in [6, 6.07) is 11.6. The normalized spacial score (nSPS) is 14.0. The summed E-state index contributed by atoms with van der Waals surface area (Å²) >= 11 is -4.40. The number of carbonyl (C=O) groups excluding carboxylic acids is 4.